The third-order valence-corrected chi connectivity index (χ3v) is 4.64. The van der Waals surface area contributed by atoms with Crippen LogP contribution in [0.15, 0.2) is 41.4 Å². The van der Waals surface area contributed by atoms with Gasteiger partial charge in [-0.3, -0.25) is 4.99 Å². The first kappa shape index (κ1) is 15.8. The number of nitrogens with one attached hydrogen (secondary N) is 3. The molecular formula is C17H23N5S. The SMILES string of the molecule is CCNC(=NCCNc1nc2ccccc2s1)NC1CC=CC1. The van der Waals surface area contributed by atoms with Crippen LogP contribution in [0.5, 0.6) is 0 Å². The van der Waals surface area contributed by atoms with Crippen LogP contribution in [-0.2, 0) is 0 Å². The summed E-state index contributed by atoms with van der Waals surface area (Å²) in [5.74, 6) is 0.896. The maximum Gasteiger partial charge on any atom is 0.191 e. The third kappa shape index (κ3) is 4.45. The predicted octanol–water partition coefficient (Wildman–Crippen LogP) is 2.98. The van der Waals surface area contributed by atoms with Crippen LogP contribution in [0.4, 0.5) is 5.13 Å². The second-order valence-corrected chi connectivity index (χ2v) is 6.49. The summed E-state index contributed by atoms with van der Waals surface area (Å²) in [4.78, 5) is 9.20. The third-order valence-electron chi connectivity index (χ3n) is 3.64. The van der Waals surface area contributed by atoms with Gasteiger partial charge in [-0.1, -0.05) is 35.6 Å². The molecule has 6 heteroatoms. The molecule has 0 amide bonds. The van der Waals surface area contributed by atoms with E-state index in [0.29, 0.717) is 12.6 Å². The van der Waals surface area contributed by atoms with Crippen molar-refractivity contribution < 1.29 is 0 Å². The molecule has 0 saturated heterocycles. The maximum atomic E-state index is 4.63. The Morgan fingerprint density at radius 3 is 2.91 bits per heavy atom. The number of hydrogen-bond acceptors (Lipinski definition) is 4. The molecule has 0 bridgehead atoms. The molecule has 122 valence electrons. The number of rotatable bonds is 6. The minimum absolute atomic E-state index is 0.477. The van der Waals surface area contributed by atoms with E-state index in [2.05, 4.69) is 51.1 Å². The molecule has 0 atom stereocenters. The molecule has 0 unspecified atom stereocenters. The number of nitrogens with zero attached hydrogens (tertiary/aromatic N) is 2. The normalized spacial score (nSPS) is 15.3. The van der Waals surface area contributed by atoms with E-state index in [1.54, 1.807) is 11.3 Å². The summed E-state index contributed by atoms with van der Waals surface area (Å²) in [5.41, 5.74) is 1.05. The minimum Gasteiger partial charge on any atom is -0.360 e. The Balaban J connectivity index is 1.49. The van der Waals surface area contributed by atoms with Gasteiger partial charge in [0.1, 0.15) is 0 Å². The van der Waals surface area contributed by atoms with Gasteiger partial charge in [0, 0.05) is 19.1 Å². The Morgan fingerprint density at radius 2 is 2.13 bits per heavy atom. The van der Waals surface area contributed by atoms with Crippen LogP contribution in [0.25, 0.3) is 10.2 Å². The molecule has 0 saturated carbocycles. The van der Waals surface area contributed by atoms with Gasteiger partial charge in [-0.25, -0.2) is 4.98 Å². The predicted molar refractivity (Wildman–Crippen MR) is 99.4 cm³/mol. The van der Waals surface area contributed by atoms with Crippen molar-refractivity contribution in [3.63, 3.8) is 0 Å². The van der Waals surface area contributed by atoms with Crippen molar-refractivity contribution in [2.45, 2.75) is 25.8 Å². The van der Waals surface area contributed by atoms with Crippen LogP contribution in [0.1, 0.15) is 19.8 Å². The van der Waals surface area contributed by atoms with Crippen molar-refractivity contribution >= 4 is 32.6 Å². The lowest BCUT2D eigenvalue weighted by Crippen LogP contribution is -2.42. The Labute approximate surface area is 140 Å². The van der Waals surface area contributed by atoms with Crippen molar-refractivity contribution in [1.82, 2.24) is 15.6 Å². The molecule has 2 aromatic rings. The number of aliphatic imine (C=N–C) groups is 1. The molecule has 0 radical (unpaired) electrons. The average molecular weight is 329 g/mol. The van der Waals surface area contributed by atoms with E-state index in [1.165, 1.54) is 4.70 Å². The second kappa shape index (κ2) is 7.97. The summed E-state index contributed by atoms with van der Waals surface area (Å²) in [7, 11) is 0. The zero-order valence-corrected chi connectivity index (χ0v) is 14.2. The average Bonchev–Trinajstić information content (AvgIpc) is 3.20. The second-order valence-electron chi connectivity index (χ2n) is 5.46. The monoisotopic (exact) mass is 329 g/mol. The highest BCUT2D eigenvalue weighted by molar-refractivity contribution is 7.22. The van der Waals surface area contributed by atoms with Gasteiger partial charge in [0.25, 0.3) is 0 Å². The van der Waals surface area contributed by atoms with E-state index in [9.17, 15) is 0 Å². The highest BCUT2D eigenvalue weighted by Crippen LogP contribution is 2.24. The van der Waals surface area contributed by atoms with Crippen molar-refractivity contribution in [3.05, 3.63) is 36.4 Å². The summed E-state index contributed by atoms with van der Waals surface area (Å²) >= 11 is 1.68. The lowest BCUT2D eigenvalue weighted by Gasteiger charge is -2.16. The first-order valence-corrected chi connectivity index (χ1v) is 8.96. The molecule has 0 fully saturated rings. The van der Waals surface area contributed by atoms with Gasteiger partial charge in [0.2, 0.25) is 0 Å². The van der Waals surface area contributed by atoms with Crippen LogP contribution in [0.2, 0.25) is 0 Å². The van der Waals surface area contributed by atoms with E-state index >= 15 is 0 Å². The molecular weight excluding hydrogens is 306 g/mol. The van der Waals surface area contributed by atoms with Crippen molar-refractivity contribution in [1.29, 1.82) is 0 Å². The van der Waals surface area contributed by atoms with Crippen molar-refractivity contribution in [2.24, 2.45) is 4.99 Å². The summed E-state index contributed by atoms with van der Waals surface area (Å²) < 4.78 is 1.21. The molecule has 3 rings (SSSR count). The topological polar surface area (TPSA) is 61.3 Å². The van der Waals surface area contributed by atoms with Crippen molar-refractivity contribution in [2.75, 3.05) is 25.0 Å². The first-order valence-electron chi connectivity index (χ1n) is 8.14. The zero-order valence-electron chi connectivity index (χ0n) is 13.4. The molecule has 23 heavy (non-hydrogen) atoms. The van der Waals surface area contributed by atoms with Gasteiger partial charge < -0.3 is 16.0 Å². The molecule has 5 nitrogen and oxygen atoms in total. The van der Waals surface area contributed by atoms with Crippen LogP contribution in [0.3, 0.4) is 0 Å². The quantitative estimate of drug-likeness (QED) is 0.330. The molecule has 0 spiro atoms. The largest absolute Gasteiger partial charge is 0.360 e. The fourth-order valence-electron chi connectivity index (χ4n) is 2.53. The lowest BCUT2D eigenvalue weighted by atomic mass is 10.2. The van der Waals surface area contributed by atoms with Crippen LogP contribution < -0.4 is 16.0 Å². The Bertz CT molecular complexity index is 650. The smallest absolute Gasteiger partial charge is 0.191 e. The maximum absolute atomic E-state index is 4.63. The molecule has 1 heterocycles. The lowest BCUT2D eigenvalue weighted by molar-refractivity contribution is 0.634. The van der Waals surface area contributed by atoms with Gasteiger partial charge in [0.05, 0.1) is 16.8 Å². The Hall–Kier alpha value is -2.08. The molecule has 0 aliphatic heterocycles. The van der Waals surface area contributed by atoms with Gasteiger partial charge >= 0.3 is 0 Å². The van der Waals surface area contributed by atoms with Gasteiger partial charge in [-0.05, 0) is 31.9 Å². The molecule has 1 aliphatic carbocycles. The number of benzene rings is 1. The number of thiazole rings is 1. The molecule has 1 aromatic heterocycles. The Kier molecular flexibility index (Phi) is 5.47. The van der Waals surface area contributed by atoms with E-state index < -0.39 is 0 Å². The summed E-state index contributed by atoms with van der Waals surface area (Å²) in [6.07, 6.45) is 6.59. The van der Waals surface area contributed by atoms with E-state index in [1.807, 2.05) is 18.2 Å². The van der Waals surface area contributed by atoms with Gasteiger partial charge in [-0.15, -0.1) is 0 Å². The number of anilines is 1. The van der Waals surface area contributed by atoms with Crippen molar-refractivity contribution in [3.8, 4) is 0 Å². The number of para-hydroxylation sites is 1. The standard InChI is InChI=1S/C17H23N5S/c1-2-18-16(21-13-7-3-4-8-13)19-11-12-20-17-22-14-9-5-6-10-15(14)23-17/h3-6,9-10,13H,2,7-8,11-12H2,1H3,(H,20,22)(H2,18,19,21). The van der Waals surface area contributed by atoms with E-state index in [4.69, 9.17) is 0 Å². The summed E-state index contributed by atoms with van der Waals surface area (Å²) in [6.45, 7) is 4.45. The fourth-order valence-corrected chi connectivity index (χ4v) is 3.42. The van der Waals surface area contributed by atoms with Gasteiger partial charge in [0.15, 0.2) is 11.1 Å². The van der Waals surface area contributed by atoms with Crippen LogP contribution in [-0.4, -0.2) is 36.6 Å². The number of guanidine groups is 1. The van der Waals surface area contributed by atoms with E-state index in [0.717, 1.165) is 42.5 Å². The van der Waals surface area contributed by atoms with E-state index in [-0.39, 0.29) is 0 Å². The molecule has 3 N–H and O–H groups in total. The van der Waals surface area contributed by atoms with Crippen LogP contribution in [0, 0.1) is 0 Å². The summed E-state index contributed by atoms with van der Waals surface area (Å²) in [6, 6.07) is 8.67. The highest BCUT2D eigenvalue weighted by atomic mass is 32.1. The number of aromatic nitrogens is 1. The molecule has 1 aliphatic rings. The van der Waals surface area contributed by atoms with Gasteiger partial charge in [-0.2, -0.15) is 0 Å². The van der Waals surface area contributed by atoms with Crippen LogP contribution >= 0.6 is 11.3 Å². The zero-order chi connectivity index (χ0) is 15.9. The minimum atomic E-state index is 0.477. The number of hydrogen-bond donors (Lipinski definition) is 3. The molecule has 1 aromatic carbocycles. The number of fused-ring (bicyclic) bond motifs is 1. The first-order chi connectivity index (χ1) is 11.3. The fraction of sp³-hybridized carbons (Fsp3) is 0.412. The Morgan fingerprint density at radius 1 is 1.30 bits per heavy atom. The highest BCUT2D eigenvalue weighted by Gasteiger charge is 2.11. The summed E-state index contributed by atoms with van der Waals surface area (Å²) in [5, 5.41) is 11.1.